The zero-order chi connectivity index (χ0) is 11.2. The Morgan fingerprint density at radius 2 is 1.86 bits per heavy atom. The van der Waals surface area contributed by atoms with Gasteiger partial charge in [0.25, 0.3) is 0 Å². The Morgan fingerprint density at radius 1 is 1.29 bits per heavy atom. The highest BCUT2D eigenvalue weighted by Gasteiger charge is 2.27. The molecule has 3 heteroatoms. The zero-order valence-corrected chi connectivity index (χ0v) is 13.1. The van der Waals surface area contributed by atoms with Gasteiger partial charge < -0.3 is 0 Å². The van der Waals surface area contributed by atoms with Crippen LogP contribution in [0.4, 0.5) is 0 Å². The summed E-state index contributed by atoms with van der Waals surface area (Å²) in [6.07, 6.45) is 5.85. The SMILES string of the molecule is C=CCC(C)(C)CC(C)(C)CPBI. The normalized spacial score (nSPS) is 13.5. The van der Waals surface area contributed by atoms with E-state index in [0.29, 0.717) is 10.8 Å². The van der Waals surface area contributed by atoms with Crippen LogP contribution in [0.1, 0.15) is 40.5 Å². The van der Waals surface area contributed by atoms with E-state index in [1.807, 2.05) is 0 Å². The van der Waals surface area contributed by atoms with Crippen molar-refractivity contribution in [3.05, 3.63) is 12.7 Å². The standard InChI is InChI=1S/C11H23BIP/c1-6-7-10(2,3)8-11(4,5)9-14-12-13/h6,12,14H,1,7-9H2,2-5H3. The first kappa shape index (κ1) is 15.0. The third kappa shape index (κ3) is 7.28. The molecule has 0 aromatic rings. The lowest BCUT2D eigenvalue weighted by Crippen LogP contribution is -2.24. The highest BCUT2D eigenvalue weighted by atomic mass is 127. The van der Waals surface area contributed by atoms with Crippen LogP contribution in [-0.2, 0) is 0 Å². The lowest BCUT2D eigenvalue weighted by Gasteiger charge is -2.34. The summed E-state index contributed by atoms with van der Waals surface area (Å²) < 4.78 is 0. The van der Waals surface area contributed by atoms with E-state index in [0.717, 1.165) is 14.9 Å². The number of hydrogen-bond acceptors (Lipinski definition) is 0. The van der Waals surface area contributed by atoms with Crippen molar-refractivity contribution in [3.63, 3.8) is 0 Å². The molecule has 1 atom stereocenters. The lowest BCUT2D eigenvalue weighted by molar-refractivity contribution is 0.219. The second kappa shape index (κ2) is 6.53. The van der Waals surface area contributed by atoms with E-state index < -0.39 is 0 Å². The summed E-state index contributed by atoms with van der Waals surface area (Å²) in [5, 5.41) is 0. The molecule has 1 unspecified atom stereocenters. The maximum atomic E-state index is 3.84. The van der Waals surface area contributed by atoms with Crippen LogP contribution in [0.25, 0.3) is 0 Å². The minimum absolute atomic E-state index is 0.418. The van der Waals surface area contributed by atoms with Crippen LogP contribution in [0.3, 0.4) is 0 Å². The average molecular weight is 324 g/mol. The summed E-state index contributed by atoms with van der Waals surface area (Å²) >= 11 is 2.48. The topological polar surface area (TPSA) is 0 Å². The van der Waals surface area contributed by atoms with Crippen LogP contribution in [0.15, 0.2) is 12.7 Å². The molecule has 0 bridgehead atoms. The molecule has 0 spiro atoms. The van der Waals surface area contributed by atoms with Gasteiger partial charge in [-0.25, -0.2) is 0 Å². The molecule has 0 heterocycles. The monoisotopic (exact) mass is 324 g/mol. The van der Waals surface area contributed by atoms with Crippen molar-refractivity contribution in [2.24, 2.45) is 10.8 Å². The Balaban J connectivity index is 4.11. The third-order valence-corrected chi connectivity index (χ3v) is 5.37. The van der Waals surface area contributed by atoms with Crippen molar-refractivity contribution in [2.75, 3.05) is 6.16 Å². The molecule has 0 aliphatic rings. The number of allylic oxidation sites excluding steroid dienone is 1. The molecule has 0 N–H and O–H groups in total. The second-order valence-electron chi connectivity index (χ2n) is 5.56. The van der Waals surface area contributed by atoms with Crippen LogP contribution >= 0.6 is 30.8 Å². The predicted molar refractivity (Wildman–Crippen MR) is 81.3 cm³/mol. The van der Waals surface area contributed by atoms with Gasteiger partial charge in [-0.1, -0.05) is 33.8 Å². The van der Waals surface area contributed by atoms with E-state index in [2.05, 4.69) is 62.7 Å². The highest BCUT2D eigenvalue weighted by molar-refractivity contribution is 14.1. The van der Waals surface area contributed by atoms with Gasteiger partial charge in [0.2, 0.25) is 4.86 Å². The summed E-state index contributed by atoms with van der Waals surface area (Å²) in [6, 6.07) is 0. The molecule has 0 nitrogen and oxygen atoms in total. The Kier molecular flexibility index (Phi) is 6.98. The molecule has 0 radical (unpaired) electrons. The number of rotatable bonds is 7. The Labute approximate surface area is 106 Å². The van der Waals surface area contributed by atoms with E-state index in [1.165, 1.54) is 17.4 Å². The molecule has 14 heavy (non-hydrogen) atoms. The molecule has 0 rings (SSSR count). The maximum absolute atomic E-state index is 3.84. The number of hydrogen-bond donors (Lipinski definition) is 0. The summed E-state index contributed by atoms with van der Waals surface area (Å²) in [5.41, 5.74) is 0.914. The summed E-state index contributed by atoms with van der Waals surface area (Å²) in [5.74, 6) is 0. The van der Waals surface area contributed by atoms with Gasteiger partial charge in [0.05, 0.1) is 0 Å². The van der Waals surface area contributed by atoms with Crippen molar-refractivity contribution < 1.29 is 0 Å². The molecule has 0 saturated carbocycles. The van der Waals surface area contributed by atoms with Crippen molar-refractivity contribution >= 4 is 35.7 Å². The van der Waals surface area contributed by atoms with Crippen LogP contribution in [0.5, 0.6) is 0 Å². The van der Waals surface area contributed by atoms with Crippen molar-refractivity contribution in [1.82, 2.24) is 0 Å². The van der Waals surface area contributed by atoms with Gasteiger partial charge in [0.15, 0.2) is 0 Å². The van der Waals surface area contributed by atoms with Gasteiger partial charge in [0.1, 0.15) is 0 Å². The minimum atomic E-state index is 0.418. The Bertz CT molecular complexity index is 178. The largest absolute Gasteiger partial charge is 0.225 e. The smallest absolute Gasteiger partial charge is 0.148 e. The van der Waals surface area contributed by atoms with Crippen molar-refractivity contribution in [3.8, 4) is 0 Å². The fraction of sp³-hybridized carbons (Fsp3) is 0.818. The van der Waals surface area contributed by atoms with Crippen molar-refractivity contribution in [2.45, 2.75) is 40.5 Å². The molecule has 0 aromatic carbocycles. The minimum Gasteiger partial charge on any atom is -0.148 e. The van der Waals surface area contributed by atoms with Gasteiger partial charge in [-0.2, -0.15) is 0 Å². The quantitative estimate of drug-likeness (QED) is 0.282. The summed E-state index contributed by atoms with van der Waals surface area (Å²) in [6.45, 7) is 13.3. The van der Waals surface area contributed by atoms with Crippen LogP contribution in [0, 0.1) is 10.8 Å². The van der Waals surface area contributed by atoms with Gasteiger partial charge >= 0.3 is 0 Å². The molecule has 0 aromatic heterocycles. The van der Waals surface area contributed by atoms with E-state index in [1.54, 1.807) is 0 Å². The van der Waals surface area contributed by atoms with E-state index in [4.69, 9.17) is 0 Å². The highest BCUT2D eigenvalue weighted by Crippen LogP contribution is 2.39. The molecule has 82 valence electrons. The fourth-order valence-electron chi connectivity index (χ4n) is 2.21. The van der Waals surface area contributed by atoms with Gasteiger partial charge in [0, 0.05) is 0 Å². The van der Waals surface area contributed by atoms with E-state index in [-0.39, 0.29) is 0 Å². The predicted octanol–water partition coefficient (Wildman–Crippen LogP) is 4.39. The first-order chi connectivity index (χ1) is 6.33. The third-order valence-electron chi connectivity index (χ3n) is 2.35. The van der Waals surface area contributed by atoms with E-state index >= 15 is 0 Å². The summed E-state index contributed by atoms with van der Waals surface area (Å²) in [4.78, 5) is 1.31. The van der Waals surface area contributed by atoms with Crippen LogP contribution in [-0.4, -0.2) is 11.0 Å². The zero-order valence-electron chi connectivity index (χ0n) is 9.99. The molecular formula is C11H23BIP. The molecule has 0 saturated heterocycles. The lowest BCUT2D eigenvalue weighted by atomic mass is 9.74. The van der Waals surface area contributed by atoms with Crippen LogP contribution < -0.4 is 0 Å². The fourth-order valence-corrected chi connectivity index (χ4v) is 3.91. The number of halogens is 1. The second-order valence-corrected chi connectivity index (χ2v) is 8.97. The average Bonchev–Trinajstić information content (AvgIpc) is 1.98. The first-order valence-electron chi connectivity index (χ1n) is 5.21. The molecule has 0 aliphatic carbocycles. The molecule has 0 fully saturated rings. The van der Waals surface area contributed by atoms with E-state index in [9.17, 15) is 0 Å². The summed E-state index contributed by atoms with van der Waals surface area (Å²) in [7, 11) is 1.12. The Morgan fingerprint density at radius 3 is 2.29 bits per heavy atom. The first-order valence-corrected chi connectivity index (χ1v) is 8.14. The molecule has 0 amide bonds. The van der Waals surface area contributed by atoms with Gasteiger partial charge in [-0.05, 0) is 29.8 Å². The van der Waals surface area contributed by atoms with Gasteiger partial charge in [-0.15, -0.1) is 37.4 Å². The maximum Gasteiger partial charge on any atom is 0.225 e. The molecular weight excluding hydrogens is 301 g/mol. The Hall–Kier alpha value is 0.965. The van der Waals surface area contributed by atoms with Gasteiger partial charge in [-0.3, -0.25) is 0 Å². The van der Waals surface area contributed by atoms with Crippen LogP contribution in [0.2, 0.25) is 0 Å². The van der Waals surface area contributed by atoms with Crippen molar-refractivity contribution in [1.29, 1.82) is 0 Å². The molecule has 0 aliphatic heterocycles.